The van der Waals surface area contributed by atoms with Crippen LogP contribution < -0.4 is 5.32 Å². The summed E-state index contributed by atoms with van der Waals surface area (Å²) >= 11 is 5.99. The van der Waals surface area contributed by atoms with Gasteiger partial charge in [-0.05, 0) is 37.8 Å². The quantitative estimate of drug-likeness (QED) is 0.853. The summed E-state index contributed by atoms with van der Waals surface area (Å²) in [7, 11) is 1.76. The summed E-state index contributed by atoms with van der Waals surface area (Å²) in [5.74, 6) is 1.07. The Hall–Kier alpha value is -0.870. The van der Waals surface area contributed by atoms with Crippen LogP contribution in [0, 0.1) is 11.8 Å². The number of nitrogens with one attached hydrogen (secondary N) is 1. The largest absolute Gasteiger partial charge is 0.316 e. The Morgan fingerprint density at radius 2 is 2.50 bits per heavy atom. The number of ketones is 1. The molecule has 0 aromatic carbocycles. The maximum absolute atomic E-state index is 12.2. The minimum Gasteiger partial charge on any atom is -0.316 e. The molecule has 100 valence electrons. The molecule has 2 unspecified atom stereocenters. The number of carbonyl (C=O) groups excluding carboxylic acids is 1. The van der Waals surface area contributed by atoms with E-state index in [2.05, 4.69) is 17.3 Å². The summed E-state index contributed by atoms with van der Waals surface area (Å²) in [6.45, 7) is 4.28. The number of aryl methyl sites for hydroxylation is 1. The molecular formula is C13H20ClN3O. The highest BCUT2D eigenvalue weighted by atomic mass is 35.5. The lowest BCUT2D eigenvalue weighted by Gasteiger charge is -2.27. The zero-order chi connectivity index (χ0) is 13.1. The topological polar surface area (TPSA) is 46.9 Å². The summed E-state index contributed by atoms with van der Waals surface area (Å²) in [6.07, 6.45) is 4.49. The van der Waals surface area contributed by atoms with Crippen molar-refractivity contribution in [3.63, 3.8) is 0 Å². The number of nitrogens with zero attached hydrogens (tertiary/aromatic N) is 2. The van der Waals surface area contributed by atoms with Crippen molar-refractivity contribution >= 4 is 17.4 Å². The molecule has 0 radical (unpaired) electrons. The summed E-state index contributed by atoms with van der Waals surface area (Å²) in [4.78, 5) is 12.2. The second-order valence-corrected chi connectivity index (χ2v) is 5.58. The molecule has 1 N–H and O–H groups in total. The van der Waals surface area contributed by atoms with E-state index >= 15 is 0 Å². The fraction of sp³-hybridized carbons (Fsp3) is 0.692. The van der Waals surface area contributed by atoms with Gasteiger partial charge in [-0.15, -0.1) is 0 Å². The highest BCUT2D eigenvalue weighted by molar-refractivity contribution is 6.33. The lowest BCUT2D eigenvalue weighted by molar-refractivity contribution is 0.0934. The number of hydrogen-bond donors (Lipinski definition) is 1. The minimum absolute atomic E-state index is 0.0954. The maximum atomic E-state index is 12.2. The van der Waals surface area contributed by atoms with Gasteiger partial charge in [-0.3, -0.25) is 9.48 Å². The highest BCUT2D eigenvalue weighted by Crippen LogP contribution is 2.25. The number of piperidine rings is 1. The van der Waals surface area contributed by atoms with E-state index in [1.54, 1.807) is 11.7 Å². The van der Waals surface area contributed by atoms with Crippen LogP contribution in [0.1, 0.15) is 36.7 Å². The molecule has 0 saturated carbocycles. The predicted octanol–water partition coefficient (Wildman–Crippen LogP) is 2.28. The first-order valence-electron chi connectivity index (χ1n) is 6.51. The predicted molar refractivity (Wildman–Crippen MR) is 71.9 cm³/mol. The molecule has 2 heterocycles. The molecule has 0 bridgehead atoms. The molecule has 1 saturated heterocycles. The van der Waals surface area contributed by atoms with Crippen molar-refractivity contribution < 1.29 is 4.79 Å². The normalized spacial score (nSPS) is 21.8. The summed E-state index contributed by atoms with van der Waals surface area (Å²) in [5, 5.41) is 7.86. The van der Waals surface area contributed by atoms with Gasteiger partial charge in [-0.1, -0.05) is 18.5 Å². The van der Waals surface area contributed by atoms with Gasteiger partial charge >= 0.3 is 0 Å². The Morgan fingerprint density at radius 1 is 1.72 bits per heavy atom. The van der Waals surface area contributed by atoms with Gasteiger partial charge < -0.3 is 5.32 Å². The van der Waals surface area contributed by atoms with Crippen LogP contribution in [0.25, 0.3) is 0 Å². The first-order chi connectivity index (χ1) is 8.59. The second-order valence-electron chi connectivity index (χ2n) is 5.18. The van der Waals surface area contributed by atoms with Gasteiger partial charge in [0.15, 0.2) is 5.78 Å². The van der Waals surface area contributed by atoms with E-state index in [9.17, 15) is 4.79 Å². The molecule has 1 aliphatic rings. The number of carbonyl (C=O) groups is 1. The molecule has 0 amide bonds. The van der Waals surface area contributed by atoms with Crippen LogP contribution in [0.15, 0.2) is 6.20 Å². The summed E-state index contributed by atoms with van der Waals surface area (Å²) < 4.78 is 1.57. The van der Waals surface area contributed by atoms with Crippen LogP contribution >= 0.6 is 11.6 Å². The number of hydrogen-bond acceptors (Lipinski definition) is 3. The Balaban J connectivity index is 1.98. The van der Waals surface area contributed by atoms with E-state index in [0.29, 0.717) is 29.0 Å². The monoisotopic (exact) mass is 269 g/mol. The zero-order valence-electron chi connectivity index (χ0n) is 10.9. The van der Waals surface area contributed by atoms with Crippen molar-refractivity contribution in [2.24, 2.45) is 18.9 Å². The first kappa shape index (κ1) is 13.6. The van der Waals surface area contributed by atoms with Gasteiger partial charge in [-0.25, -0.2) is 0 Å². The molecular weight excluding hydrogens is 250 g/mol. The third-order valence-electron chi connectivity index (χ3n) is 3.81. The van der Waals surface area contributed by atoms with Gasteiger partial charge in [-0.2, -0.15) is 5.10 Å². The van der Waals surface area contributed by atoms with Crippen LogP contribution in [0.5, 0.6) is 0 Å². The number of rotatable bonds is 4. The van der Waals surface area contributed by atoms with Crippen molar-refractivity contribution in [3.8, 4) is 0 Å². The maximum Gasteiger partial charge on any atom is 0.182 e. The van der Waals surface area contributed by atoms with Gasteiger partial charge in [0.25, 0.3) is 0 Å². The lowest BCUT2D eigenvalue weighted by atomic mass is 9.84. The van der Waals surface area contributed by atoms with Gasteiger partial charge in [0.2, 0.25) is 0 Å². The van der Waals surface area contributed by atoms with E-state index < -0.39 is 0 Å². The molecule has 2 rings (SSSR count). The van der Waals surface area contributed by atoms with Crippen LogP contribution in [0.2, 0.25) is 5.02 Å². The summed E-state index contributed by atoms with van der Waals surface area (Å²) in [6, 6.07) is 0. The Labute approximate surface area is 113 Å². The molecule has 5 heteroatoms. The summed E-state index contributed by atoms with van der Waals surface area (Å²) in [5.41, 5.74) is 0.535. The standard InChI is InChI=1S/C13H20ClN3O/c1-9(10-4-3-5-15-7-10)6-12(18)13-11(14)8-16-17(13)2/h8-10,15H,3-7H2,1-2H3. The first-order valence-corrected chi connectivity index (χ1v) is 6.88. The number of aromatic nitrogens is 2. The Kier molecular flexibility index (Phi) is 4.40. The Morgan fingerprint density at radius 3 is 3.06 bits per heavy atom. The molecule has 1 aliphatic heterocycles. The van der Waals surface area contributed by atoms with E-state index in [1.165, 1.54) is 19.0 Å². The molecule has 1 fully saturated rings. The van der Waals surface area contributed by atoms with Gasteiger partial charge in [0.05, 0.1) is 11.2 Å². The van der Waals surface area contributed by atoms with Gasteiger partial charge in [0, 0.05) is 13.5 Å². The fourth-order valence-electron chi connectivity index (χ4n) is 2.64. The van der Waals surface area contributed by atoms with Crippen LogP contribution in [0.4, 0.5) is 0 Å². The third-order valence-corrected chi connectivity index (χ3v) is 4.08. The molecule has 18 heavy (non-hydrogen) atoms. The van der Waals surface area contributed by atoms with E-state index in [1.807, 2.05) is 0 Å². The number of halogens is 1. The van der Waals surface area contributed by atoms with Crippen molar-refractivity contribution in [2.75, 3.05) is 13.1 Å². The third kappa shape index (κ3) is 2.93. The molecule has 0 aliphatic carbocycles. The minimum atomic E-state index is 0.0954. The second kappa shape index (κ2) is 5.85. The van der Waals surface area contributed by atoms with Crippen molar-refractivity contribution in [2.45, 2.75) is 26.2 Å². The van der Waals surface area contributed by atoms with Gasteiger partial charge in [0.1, 0.15) is 5.69 Å². The Bertz CT molecular complexity index is 404. The van der Waals surface area contributed by atoms with Crippen LogP contribution in [-0.4, -0.2) is 28.7 Å². The SMILES string of the molecule is CC(CC(=O)c1c(Cl)cnn1C)C1CCCNC1. The van der Waals surface area contributed by atoms with E-state index in [0.717, 1.165) is 13.1 Å². The van der Waals surface area contributed by atoms with Crippen molar-refractivity contribution in [3.05, 3.63) is 16.9 Å². The van der Waals surface area contributed by atoms with Crippen LogP contribution in [0.3, 0.4) is 0 Å². The fourth-order valence-corrected chi connectivity index (χ4v) is 2.92. The van der Waals surface area contributed by atoms with E-state index in [4.69, 9.17) is 11.6 Å². The van der Waals surface area contributed by atoms with Crippen molar-refractivity contribution in [1.82, 2.24) is 15.1 Å². The molecule has 1 aromatic rings. The average molecular weight is 270 g/mol. The number of Topliss-reactive ketones (excluding diaryl/α,β-unsaturated/α-hetero) is 1. The van der Waals surface area contributed by atoms with E-state index in [-0.39, 0.29) is 5.78 Å². The highest BCUT2D eigenvalue weighted by Gasteiger charge is 2.24. The van der Waals surface area contributed by atoms with Crippen molar-refractivity contribution in [1.29, 1.82) is 0 Å². The molecule has 4 nitrogen and oxygen atoms in total. The average Bonchev–Trinajstić information content (AvgIpc) is 2.70. The molecule has 1 aromatic heterocycles. The molecule has 0 spiro atoms. The molecule has 2 atom stereocenters. The zero-order valence-corrected chi connectivity index (χ0v) is 11.7. The van der Waals surface area contributed by atoms with Crippen LogP contribution in [-0.2, 0) is 7.05 Å². The smallest absolute Gasteiger partial charge is 0.182 e. The lowest BCUT2D eigenvalue weighted by Crippen LogP contribution is -2.34.